The molecule has 8 fully saturated rings. The fourth-order valence-corrected chi connectivity index (χ4v) is 18.2. The van der Waals surface area contributed by atoms with E-state index in [0.717, 1.165) is 133 Å². The smallest absolute Gasteiger partial charge is 0.273 e. The summed E-state index contributed by atoms with van der Waals surface area (Å²) >= 11 is 0. The van der Waals surface area contributed by atoms with E-state index < -0.39 is 0 Å². The second kappa shape index (κ2) is 34.4. The minimum atomic E-state index is -0.0519. The molecule has 0 aromatic carbocycles. The number of amides is 4. The van der Waals surface area contributed by atoms with Crippen LogP contribution in [0.4, 0.5) is 0 Å². The van der Waals surface area contributed by atoms with Gasteiger partial charge in [-0.2, -0.15) is 0 Å². The number of piperidine rings is 4. The number of rotatable bonds is 16. The number of carbonyl (C=O) groups is 4. The second-order valence-electron chi connectivity index (χ2n) is 32.2. The molecule has 0 N–H and O–H groups in total. The molecule has 12 aromatic heterocycles. The fraction of sp³-hybridized carbons (Fsp3) is 0.319. The number of nitrogens with zero attached hydrogens (tertiary/aromatic N) is 16. The Labute approximate surface area is 685 Å². The van der Waals surface area contributed by atoms with Crippen LogP contribution in [0.1, 0.15) is 126 Å². The monoisotopic (exact) mass is 1570 g/mol. The third kappa shape index (κ3) is 16.8. The van der Waals surface area contributed by atoms with Crippen LogP contribution in [0.5, 0.6) is 23.5 Å². The molecule has 4 aliphatic carbocycles. The van der Waals surface area contributed by atoms with Crippen molar-refractivity contribution in [1.82, 2.24) is 79.4 Å². The Bertz CT molecular complexity index is 5300. The molecule has 596 valence electrons. The van der Waals surface area contributed by atoms with Crippen molar-refractivity contribution < 1.29 is 38.1 Å². The molecule has 12 atom stereocenters. The Morgan fingerprint density at radius 1 is 0.297 bits per heavy atom. The highest BCUT2D eigenvalue weighted by atomic mass is 16.5. The van der Waals surface area contributed by atoms with Gasteiger partial charge in [0, 0.05) is 136 Å². The van der Waals surface area contributed by atoms with Crippen LogP contribution in [0.2, 0.25) is 0 Å². The minimum Gasteiger partial charge on any atom is -0.472 e. The molecule has 12 aromatic rings. The number of hydrogen-bond acceptors (Lipinski definition) is 20. The number of pyridine rings is 12. The number of likely N-dealkylation sites (tertiary alicyclic amines) is 4. The van der Waals surface area contributed by atoms with Gasteiger partial charge in [-0.3, -0.25) is 59.0 Å². The maximum atomic E-state index is 13.6. The molecule has 20 rings (SSSR count). The maximum Gasteiger partial charge on any atom is 0.273 e. The molecular weight excluding hydrogens is 1480 g/mol. The summed E-state index contributed by atoms with van der Waals surface area (Å²) in [5.41, 5.74) is 14.2. The number of hydrogen-bond donors (Lipinski definition) is 0. The van der Waals surface area contributed by atoms with Crippen LogP contribution >= 0.6 is 0 Å². The van der Waals surface area contributed by atoms with Gasteiger partial charge in [0.25, 0.3) is 23.6 Å². The van der Waals surface area contributed by atoms with Crippen LogP contribution in [0.3, 0.4) is 0 Å². The maximum absolute atomic E-state index is 13.6. The van der Waals surface area contributed by atoms with Gasteiger partial charge in [-0.05, 0) is 235 Å². The topological polar surface area (TPSA) is 273 Å². The van der Waals surface area contributed by atoms with E-state index in [-0.39, 0.29) is 72.2 Å². The van der Waals surface area contributed by atoms with Crippen molar-refractivity contribution >= 4 is 23.6 Å². The normalized spacial score (nSPS) is 22.5. The largest absolute Gasteiger partial charge is 0.472 e. The quantitative estimate of drug-likeness (QED) is 0.0869. The van der Waals surface area contributed by atoms with E-state index in [0.29, 0.717) is 92.5 Å². The van der Waals surface area contributed by atoms with Gasteiger partial charge in [-0.1, -0.05) is 48.5 Å². The molecule has 0 spiro atoms. The number of ether oxygens (including phenoxy) is 4. The number of aromatic nitrogens is 12. The molecular formula is C94H92N16O8. The van der Waals surface area contributed by atoms with Crippen molar-refractivity contribution in [3.05, 3.63) is 288 Å². The first-order valence-electron chi connectivity index (χ1n) is 40.6. The van der Waals surface area contributed by atoms with E-state index in [1.165, 1.54) is 0 Å². The predicted octanol–water partition coefficient (Wildman–Crippen LogP) is 14.7. The van der Waals surface area contributed by atoms with Gasteiger partial charge in [0.15, 0.2) is 0 Å². The lowest BCUT2D eigenvalue weighted by molar-refractivity contribution is 0.0459. The molecule has 16 heterocycles. The summed E-state index contributed by atoms with van der Waals surface area (Å²) in [7, 11) is 0. The Morgan fingerprint density at radius 2 is 0.653 bits per heavy atom. The van der Waals surface area contributed by atoms with Crippen molar-refractivity contribution in [3.63, 3.8) is 0 Å². The first-order valence-corrected chi connectivity index (χ1v) is 40.6. The van der Waals surface area contributed by atoms with Gasteiger partial charge in [0.2, 0.25) is 23.5 Å². The lowest BCUT2D eigenvalue weighted by Gasteiger charge is -2.33. The lowest BCUT2D eigenvalue weighted by Crippen LogP contribution is -2.47. The van der Waals surface area contributed by atoms with Gasteiger partial charge in [-0.25, -0.2) is 19.9 Å². The number of fused-ring (bicyclic) bond motifs is 8. The summed E-state index contributed by atoms with van der Waals surface area (Å²) in [4.78, 5) is 115. The summed E-state index contributed by atoms with van der Waals surface area (Å²) in [6.07, 6.45) is 28.6. The highest BCUT2D eigenvalue weighted by Gasteiger charge is 2.53. The lowest BCUT2D eigenvalue weighted by atomic mass is 10.0. The van der Waals surface area contributed by atoms with Crippen molar-refractivity contribution in [2.24, 2.45) is 23.7 Å². The number of aryl methyl sites for hydroxylation is 6. The van der Waals surface area contributed by atoms with Crippen molar-refractivity contribution in [3.8, 4) is 68.8 Å². The molecule has 24 nitrogen and oxygen atoms in total. The molecule has 118 heavy (non-hydrogen) atoms. The Kier molecular flexibility index (Phi) is 22.6. The Balaban J connectivity index is 0.000000113. The average Bonchev–Trinajstić information content (AvgIpc) is 1.57. The van der Waals surface area contributed by atoms with Crippen LogP contribution < -0.4 is 18.9 Å². The predicted molar refractivity (Wildman–Crippen MR) is 443 cm³/mol. The summed E-state index contributed by atoms with van der Waals surface area (Å²) in [5.74, 6) is 4.23. The SMILES string of the molecule is Cc1ccc(OC2CC3CC2N(C(=O)c2cc(C)cnc2-c2ccccn2)C3)nc1.Cc1ccc(OC2CC3CC2N(C(=O)c2cccnc2-c2ccccn2)C3)nc1.Cc1ccc(OC2CC3CC2N(C(=O)c2nccc(C)c2-c2ccccn2)C3)nc1.Cc1ccc(OC2CC3CC2N(C(=O)c2ncccc2-c2ccccn2)C3)nc1. The summed E-state index contributed by atoms with van der Waals surface area (Å²) in [5, 5.41) is 0. The van der Waals surface area contributed by atoms with Crippen LogP contribution in [-0.2, 0) is 0 Å². The highest BCUT2D eigenvalue weighted by Crippen LogP contribution is 2.46. The molecule has 4 amide bonds. The van der Waals surface area contributed by atoms with Gasteiger partial charge in [0.1, 0.15) is 47.2 Å². The molecule has 0 radical (unpaired) electrons. The first-order chi connectivity index (χ1) is 57.6. The summed E-state index contributed by atoms with van der Waals surface area (Å²) in [6.45, 7) is 15.0. The standard InChI is InChI=1S/2C24H24N4O2.2C23H22N4O2/c1-15-6-7-21(27-13-15)30-20-12-17-11-19(20)28(14-17)24(29)23-22(16(2)8-10-26-23)18-5-3-4-9-25-18;1-15-6-7-22(26-12-15)30-21-11-17-10-20(21)28(14-17)24(29)18-9-16(2)13-27-23(18)19-5-3-4-8-25-19;1-15-7-8-21(26-13-15)29-20-12-16-11-19(20)27(14-16)23(28)17-5-4-10-25-22(17)18-6-2-3-9-24-18;1-15-7-8-21(26-13-15)29-20-12-16-11-19(20)27(14-16)23(28)22-17(5-4-10-25-22)18-6-2-3-9-24-18/h3-10,13,17,19-20H,11-12,14H2,1-2H3;3-9,12-13,17,20-21H,10-11,14H2,1-2H3;2*2-10,13,16,19-20H,11-12,14H2,1H3. The third-order valence-electron chi connectivity index (χ3n) is 23.7. The van der Waals surface area contributed by atoms with Crippen LogP contribution in [-0.4, -0.2) is 178 Å². The molecule has 8 aliphatic rings. The van der Waals surface area contributed by atoms with Crippen LogP contribution in [0, 0.1) is 65.2 Å². The van der Waals surface area contributed by atoms with Crippen molar-refractivity contribution in [2.45, 2.75) is 141 Å². The van der Waals surface area contributed by atoms with Gasteiger partial charge in [0.05, 0.1) is 58.1 Å². The molecule has 12 unspecified atom stereocenters. The zero-order chi connectivity index (χ0) is 80.9. The van der Waals surface area contributed by atoms with Crippen LogP contribution in [0.25, 0.3) is 45.3 Å². The molecule has 8 bridgehead atoms. The minimum absolute atomic E-state index is 0.00332. The van der Waals surface area contributed by atoms with Gasteiger partial charge >= 0.3 is 0 Å². The Hall–Kier alpha value is -13.1. The van der Waals surface area contributed by atoms with E-state index in [1.54, 1.807) is 74.2 Å². The van der Waals surface area contributed by atoms with Crippen LogP contribution in [0.15, 0.2) is 232 Å². The zero-order valence-corrected chi connectivity index (χ0v) is 66.8. The zero-order valence-electron chi connectivity index (χ0n) is 66.8. The third-order valence-corrected chi connectivity index (χ3v) is 23.7. The molecule has 24 heteroatoms. The van der Waals surface area contributed by atoms with E-state index in [2.05, 4.69) is 59.8 Å². The highest BCUT2D eigenvalue weighted by molar-refractivity contribution is 6.02. The molecule has 4 saturated heterocycles. The first kappa shape index (κ1) is 77.5. The molecule has 4 aliphatic heterocycles. The van der Waals surface area contributed by atoms with Crippen molar-refractivity contribution in [1.29, 1.82) is 0 Å². The summed E-state index contributed by atoms with van der Waals surface area (Å²) in [6, 6.07) is 49.7. The fourth-order valence-electron chi connectivity index (χ4n) is 18.2. The second-order valence-corrected chi connectivity index (χ2v) is 32.2. The van der Waals surface area contributed by atoms with Crippen molar-refractivity contribution in [2.75, 3.05) is 26.2 Å². The van der Waals surface area contributed by atoms with Gasteiger partial charge in [-0.15, -0.1) is 0 Å². The van der Waals surface area contributed by atoms with E-state index in [4.69, 9.17) is 18.9 Å². The van der Waals surface area contributed by atoms with Gasteiger partial charge < -0.3 is 38.5 Å². The summed E-state index contributed by atoms with van der Waals surface area (Å²) < 4.78 is 24.7. The van der Waals surface area contributed by atoms with E-state index >= 15 is 0 Å². The van der Waals surface area contributed by atoms with E-state index in [9.17, 15) is 19.2 Å². The average molecular weight is 1570 g/mol. The van der Waals surface area contributed by atoms with E-state index in [1.807, 2.05) is 219 Å². The number of carbonyl (C=O) groups excluding carboxylic acids is 4. The Morgan fingerprint density at radius 3 is 1.06 bits per heavy atom. The molecule has 4 saturated carbocycles.